The van der Waals surface area contributed by atoms with Gasteiger partial charge in [-0.1, -0.05) is 31.3 Å². The summed E-state index contributed by atoms with van der Waals surface area (Å²) in [6, 6.07) is -0.0327. The third-order valence-corrected chi connectivity index (χ3v) is 3.40. The van der Waals surface area contributed by atoms with Crippen LogP contribution in [0.4, 0.5) is 0 Å². The van der Waals surface area contributed by atoms with Crippen molar-refractivity contribution in [1.82, 2.24) is 10.1 Å². The van der Waals surface area contributed by atoms with Crippen LogP contribution < -0.4 is 5.73 Å². The molecule has 2 N–H and O–H groups in total. The molecule has 2 rings (SSSR count). The van der Waals surface area contributed by atoms with Gasteiger partial charge in [-0.2, -0.15) is 4.98 Å². The fourth-order valence-corrected chi connectivity index (χ4v) is 2.42. The van der Waals surface area contributed by atoms with Crippen LogP contribution in [0.3, 0.4) is 0 Å². The molecule has 1 unspecified atom stereocenters. The molecule has 0 aliphatic heterocycles. The van der Waals surface area contributed by atoms with Gasteiger partial charge in [-0.3, -0.25) is 0 Å². The summed E-state index contributed by atoms with van der Waals surface area (Å²) in [6.07, 6.45) is 8.22. The van der Waals surface area contributed by atoms with E-state index in [1.165, 1.54) is 32.1 Å². The Morgan fingerprint density at radius 3 is 2.81 bits per heavy atom. The van der Waals surface area contributed by atoms with Crippen molar-refractivity contribution in [3.8, 4) is 0 Å². The topological polar surface area (TPSA) is 64.9 Å². The first-order chi connectivity index (χ1) is 7.81. The summed E-state index contributed by atoms with van der Waals surface area (Å²) in [7, 11) is 0. The summed E-state index contributed by atoms with van der Waals surface area (Å²) in [5, 5.41) is 4.00. The van der Waals surface area contributed by atoms with Crippen LogP contribution in [-0.2, 0) is 6.42 Å². The molecule has 4 heteroatoms. The second kappa shape index (κ2) is 5.43. The van der Waals surface area contributed by atoms with Crippen molar-refractivity contribution in [3.05, 3.63) is 11.7 Å². The fraction of sp³-hybridized carbons (Fsp3) is 0.833. The smallest absolute Gasteiger partial charge is 0.226 e. The predicted molar refractivity (Wildman–Crippen MR) is 61.8 cm³/mol. The molecule has 16 heavy (non-hydrogen) atoms. The van der Waals surface area contributed by atoms with E-state index >= 15 is 0 Å². The van der Waals surface area contributed by atoms with Crippen LogP contribution in [0.25, 0.3) is 0 Å². The highest BCUT2D eigenvalue weighted by atomic mass is 16.5. The molecule has 0 radical (unpaired) electrons. The molecule has 1 heterocycles. The molecule has 90 valence electrons. The SMILES string of the molecule is CCCc1nc(C(N)C2CCCCC2)no1. The number of aromatic nitrogens is 2. The quantitative estimate of drug-likeness (QED) is 0.852. The first-order valence-electron chi connectivity index (χ1n) is 6.39. The predicted octanol–water partition coefficient (Wildman–Crippen LogP) is 2.60. The molecule has 1 aromatic heterocycles. The molecule has 1 aliphatic rings. The molecule has 4 nitrogen and oxygen atoms in total. The lowest BCUT2D eigenvalue weighted by atomic mass is 9.84. The van der Waals surface area contributed by atoms with Crippen molar-refractivity contribution in [3.63, 3.8) is 0 Å². The van der Waals surface area contributed by atoms with Gasteiger partial charge in [0.15, 0.2) is 5.82 Å². The first kappa shape index (κ1) is 11.6. The lowest BCUT2D eigenvalue weighted by Crippen LogP contribution is -2.24. The Hall–Kier alpha value is -0.900. The van der Waals surface area contributed by atoms with Crippen LogP contribution in [0.5, 0.6) is 0 Å². The summed E-state index contributed by atoms with van der Waals surface area (Å²) in [5.74, 6) is 1.97. The van der Waals surface area contributed by atoms with Crippen LogP contribution in [-0.4, -0.2) is 10.1 Å². The number of hydrogen-bond donors (Lipinski definition) is 1. The van der Waals surface area contributed by atoms with Crippen LogP contribution >= 0.6 is 0 Å². The standard InChI is InChI=1S/C12H21N3O/c1-2-6-10-14-12(15-16-10)11(13)9-7-4-3-5-8-9/h9,11H,2-8,13H2,1H3. The monoisotopic (exact) mass is 223 g/mol. The summed E-state index contributed by atoms with van der Waals surface area (Å²) >= 11 is 0. The van der Waals surface area contributed by atoms with Gasteiger partial charge in [0.2, 0.25) is 5.89 Å². The molecule has 1 atom stereocenters. The Bertz CT molecular complexity index is 318. The van der Waals surface area contributed by atoms with Gasteiger partial charge in [0, 0.05) is 6.42 Å². The van der Waals surface area contributed by atoms with Gasteiger partial charge in [0.1, 0.15) is 0 Å². The zero-order chi connectivity index (χ0) is 11.4. The van der Waals surface area contributed by atoms with E-state index in [0.29, 0.717) is 11.7 Å². The lowest BCUT2D eigenvalue weighted by Gasteiger charge is -2.25. The maximum absolute atomic E-state index is 6.19. The first-order valence-corrected chi connectivity index (χ1v) is 6.39. The molecule has 1 saturated carbocycles. The Labute approximate surface area is 96.6 Å². The van der Waals surface area contributed by atoms with E-state index in [2.05, 4.69) is 17.1 Å². The maximum atomic E-state index is 6.19. The van der Waals surface area contributed by atoms with E-state index in [9.17, 15) is 0 Å². The molecule has 0 aromatic carbocycles. The van der Waals surface area contributed by atoms with Gasteiger partial charge in [-0.25, -0.2) is 0 Å². The number of nitrogens with zero attached hydrogens (tertiary/aromatic N) is 2. The summed E-state index contributed by atoms with van der Waals surface area (Å²) < 4.78 is 5.18. The van der Waals surface area contributed by atoms with Crippen molar-refractivity contribution in [2.45, 2.75) is 57.9 Å². The lowest BCUT2D eigenvalue weighted by molar-refractivity contribution is 0.292. The second-order valence-electron chi connectivity index (χ2n) is 4.72. The van der Waals surface area contributed by atoms with Crippen LogP contribution in [0.15, 0.2) is 4.52 Å². The van der Waals surface area contributed by atoms with E-state index in [0.717, 1.165) is 18.7 Å². The van der Waals surface area contributed by atoms with E-state index in [4.69, 9.17) is 10.3 Å². The third kappa shape index (κ3) is 2.61. The van der Waals surface area contributed by atoms with E-state index in [1.54, 1.807) is 0 Å². The summed E-state index contributed by atoms with van der Waals surface area (Å²) in [6.45, 7) is 2.10. The largest absolute Gasteiger partial charge is 0.339 e. The van der Waals surface area contributed by atoms with E-state index in [-0.39, 0.29) is 6.04 Å². The Balaban J connectivity index is 1.98. The normalized spacial score (nSPS) is 19.9. The summed E-state index contributed by atoms with van der Waals surface area (Å²) in [4.78, 5) is 4.37. The van der Waals surface area contributed by atoms with Crippen molar-refractivity contribution < 1.29 is 4.52 Å². The average Bonchev–Trinajstić information content (AvgIpc) is 2.78. The van der Waals surface area contributed by atoms with Crippen molar-refractivity contribution in [2.24, 2.45) is 11.7 Å². The Morgan fingerprint density at radius 1 is 1.38 bits per heavy atom. The van der Waals surface area contributed by atoms with Gasteiger partial charge in [-0.15, -0.1) is 0 Å². The maximum Gasteiger partial charge on any atom is 0.226 e. The molecule has 0 bridgehead atoms. The van der Waals surface area contributed by atoms with Crippen molar-refractivity contribution in [1.29, 1.82) is 0 Å². The minimum absolute atomic E-state index is 0.0327. The van der Waals surface area contributed by atoms with Crippen LogP contribution in [0.2, 0.25) is 0 Å². The van der Waals surface area contributed by atoms with Crippen LogP contribution in [0.1, 0.15) is 63.2 Å². The molecule has 1 aliphatic carbocycles. The zero-order valence-corrected chi connectivity index (χ0v) is 9.98. The molecule has 1 fully saturated rings. The minimum atomic E-state index is -0.0327. The van der Waals surface area contributed by atoms with E-state index in [1.807, 2.05) is 0 Å². The Morgan fingerprint density at radius 2 is 2.12 bits per heavy atom. The van der Waals surface area contributed by atoms with Gasteiger partial charge in [0.05, 0.1) is 6.04 Å². The highest BCUT2D eigenvalue weighted by Gasteiger charge is 2.25. The second-order valence-corrected chi connectivity index (χ2v) is 4.72. The van der Waals surface area contributed by atoms with Crippen LogP contribution in [0, 0.1) is 5.92 Å². The number of rotatable bonds is 4. The van der Waals surface area contributed by atoms with Gasteiger partial charge < -0.3 is 10.3 Å². The number of aryl methyl sites for hydroxylation is 1. The average molecular weight is 223 g/mol. The molecule has 0 saturated heterocycles. The highest BCUT2D eigenvalue weighted by Crippen LogP contribution is 2.31. The summed E-state index contributed by atoms with van der Waals surface area (Å²) in [5.41, 5.74) is 6.19. The number of nitrogens with two attached hydrogens (primary N) is 1. The van der Waals surface area contributed by atoms with Crippen molar-refractivity contribution in [2.75, 3.05) is 0 Å². The van der Waals surface area contributed by atoms with Gasteiger partial charge in [0.25, 0.3) is 0 Å². The molecule has 0 spiro atoms. The Kier molecular flexibility index (Phi) is 3.93. The molecular weight excluding hydrogens is 202 g/mol. The minimum Gasteiger partial charge on any atom is -0.339 e. The highest BCUT2D eigenvalue weighted by molar-refractivity contribution is 4.96. The molecular formula is C12H21N3O. The zero-order valence-electron chi connectivity index (χ0n) is 9.98. The van der Waals surface area contributed by atoms with E-state index < -0.39 is 0 Å². The van der Waals surface area contributed by atoms with Gasteiger partial charge >= 0.3 is 0 Å². The van der Waals surface area contributed by atoms with Crippen molar-refractivity contribution >= 4 is 0 Å². The third-order valence-electron chi connectivity index (χ3n) is 3.40. The molecule has 1 aromatic rings. The molecule has 0 amide bonds. The fourth-order valence-electron chi connectivity index (χ4n) is 2.42. The number of hydrogen-bond acceptors (Lipinski definition) is 4. The van der Waals surface area contributed by atoms with Gasteiger partial charge in [-0.05, 0) is 25.2 Å².